The Morgan fingerprint density at radius 2 is 2.08 bits per heavy atom. The van der Waals surface area contributed by atoms with Gasteiger partial charge in [0.1, 0.15) is 0 Å². The molecule has 0 rings (SSSR count). The summed E-state index contributed by atoms with van der Waals surface area (Å²) in [6.07, 6.45) is 4.32. The Bertz CT molecular complexity index is 188. The van der Waals surface area contributed by atoms with Crippen molar-refractivity contribution >= 4 is 13.3 Å². The van der Waals surface area contributed by atoms with Crippen LogP contribution in [0.2, 0.25) is 0 Å². The van der Waals surface area contributed by atoms with E-state index in [0.29, 0.717) is 5.47 Å². The van der Waals surface area contributed by atoms with Gasteiger partial charge in [0.15, 0.2) is 0 Å². The second kappa shape index (κ2) is 6.63. The molecule has 0 amide bonds. The molecule has 4 nitrogen and oxygen atoms in total. The van der Waals surface area contributed by atoms with Gasteiger partial charge in [-0.25, -0.2) is 0 Å². The molecule has 12 heavy (non-hydrogen) atoms. The van der Waals surface area contributed by atoms with Crippen LogP contribution >= 0.6 is 0 Å². The summed E-state index contributed by atoms with van der Waals surface area (Å²) < 4.78 is 9.91. The number of hydrogen-bond donors (Lipinski definition) is 1. The number of allylic oxidation sites excluding steroid dienone is 1. The summed E-state index contributed by atoms with van der Waals surface area (Å²) in [5.74, 6) is 0. The number of aliphatic imine (C=N–C) groups is 1. The molecule has 5 heteroatoms. The zero-order chi connectivity index (χ0) is 9.40. The fourth-order valence-corrected chi connectivity index (χ4v) is 0.690. The second-order valence-electron chi connectivity index (χ2n) is 1.93. The summed E-state index contributed by atoms with van der Waals surface area (Å²) in [5, 5.41) is 0. The molecule has 0 aromatic carbocycles. The summed E-state index contributed by atoms with van der Waals surface area (Å²) in [5.41, 5.74) is 5.97. The largest absolute Gasteiger partial charge is 0.496 e. The molecule has 66 valence electrons. The molecular formula is C7H13BN2O2. The van der Waals surface area contributed by atoms with Crippen molar-refractivity contribution < 1.29 is 9.31 Å². The Labute approximate surface area is 72.9 Å². The lowest BCUT2D eigenvalue weighted by atomic mass is 9.79. The van der Waals surface area contributed by atoms with Crippen LogP contribution in [0, 0.1) is 0 Å². The molecule has 0 aliphatic heterocycles. The second-order valence-corrected chi connectivity index (χ2v) is 1.93. The van der Waals surface area contributed by atoms with Crippen molar-refractivity contribution in [3.8, 4) is 0 Å². The third-order valence-corrected chi connectivity index (χ3v) is 1.22. The third kappa shape index (κ3) is 3.36. The van der Waals surface area contributed by atoms with Crippen LogP contribution in [0.15, 0.2) is 29.4 Å². The van der Waals surface area contributed by atoms with Gasteiger partial charge in [-0.15, -0.1) is 0 Å². The van der Waals surface area contributed by atoms with Crippen LogP contribution in [0.25, 0.3) is 0 Å². The Kier molecular flexibility index (Phi) is 6.04. The van der Waals surface area contributed by atoms with Crippen molar-refractivity contribution in [1.29, 1.82) is 0 Å². The van der Waals surface area contributed by atoms with Gasteiger partial charge in [0.25, 0.3) is 0 Å². The van der Waals surface area contributed by atoms with E-state index in [9.17, 15) is 0 Å². The summed E-state index contributed by atoms with van der Waals surface area (Å²) in [6.45, 7) is 3.43. The smallest absolute Gasteiger partial charge is 0.410 e. The Balaban J connectivity index is 4.32. The quantitative estimate of drug-likeness (QED) is 0.476. The van der Waals surface area contributed by atoms with Crippen LogP contribution in [-0.4, -0.2) is 27.6 Å². The number of hydrogen-bond acceptors (Lipinski definition) is 4. The molecule has 0 aromatic rings. The summed E-state index contributed by atoms with van der Waals surface area (Å²) >= 11 is 0. The first-order chi connectivity index (χ1) is 5.79. The van der Waals surface area contributed by atoms with Crippen LogP contribution in [0.5, 0.6) is 0 Å². The lowest BCUT2D eigenvalue weighted by Crippen LogP contribution is -2.24. The van der Waals surface area contributed by atoms with Crippen molar-refractivity contribution in [3.05, 3.63) is 24.5 Å². The molecule has 0 atom stereocenters. The van der Waals surface area contributed by atoms with Gasteiger partial charge in [-0.2, -0.15) is 0 Å². The molecule has 0 radical (unpaired) electrons. The van der Waals surface area contributed by atoms with Gasteiger partial charge in [0.05, 0.1) is 0 Å². The van der Waals surface area contributed by atoms with Crippen LogP contribution in [-0.2, 0) is 9.31 Å². The molecule has 0 aliphatic carbocycles. The van der Waals surface area contributed by atoms with E-state index in [-0.39, 0.29) is 0 Å². The van der Waals surface area contributed by atoms with Crippen molar-refractivity contribution in [2.24, 2.45) is 10.7 Å². The van der Waals surface area contributed by atoms with E-state index < -0.39 is 7.12 Å². The first kappa shape index (κ1) is 10.9. The van der Waals surface area contributed by atoms with Gasteiger partial charge in [-0.1, -0.05) is 6.58 Å². The standard InChI is InChI=1S/C7H13BN2O2/c1-4-10-6-7(5-9)8(11-2)12-3/h4-6H,1,9H2,2-3H3/b7-5+,10-6-. The lowest BCUT2D eigenvalue weighted by molar-refractivity contribution is 0.289. The van der Waals surface area contributed by atoms with Crippen molar-refractivity contribution in [3.63, 3.8) is 0 Å². The Morgan fingerprint density at radius 1 is 1.50 bits per heavy atom. The maximum absolute atomic E-state index is 5.32. The van der Waals surface area contributed by atoms with E-state index in [1.807, 2.05) is 0 Å². The molecule has 0 aromatic heterocycles. The van der Waals surface area contributed by atoms with Gasteiger partial charge in [-0.3, -0.25) is 4.99 Å². The fraction of sp³-hybridized carbons (Fsp3) is 0.286. The minimum absolute atomic E-state index is 0.473. The van der Waals surface area contributed by atoms with Gasteiger partial charge < -0.3 is 15.0 Å². The van der Waals surface area contributed by atoms with Crippen molar-refractivity contribution in [2.45, 2.75) is 0 Å². The van der Waals surface area contributed by atoms with Gasteiger partial charge >= 0.3 is 7.12 Å². The van der Waals surface area contributed by atoms with E-state index in [1.165, 1.54) is 32.8 Å². The normalized spacial score (nSPS) is 12.0. The molecule has 2 N–H and O–H groups in total. The summed E-state index contributed by atoms with van der Waals surface area (Å²) in [7, 11) is 2.58. The molecule has 0 aliphatic rings. The average molecular weight is 168 g/mol. The Morgan fingerprint density at radius 3 is 2.42 bits per heavy atom. The number of nitrogens with two attached hydrogens (primary N) is 1. The van der Waals surface area contributed by atoms with Crippen molar-refractivity contribution in [2.75, 3.05) is 14.2 Å². The monoisotopic (exact) mass is 168 g/mol. The first-order valence-electron chi connectivity index (χ1n) is 3.41. The van der Waals surface area contributed by atoms with Crippen LogP contribution in [0.3, 0.4) is 0 Å². The minimum Gasteiger partial charge on any atom is -0.410 e. The summed E-state index contributed by atoms with van der Waals surface area (Å²) in [4.78, 5) is 3.79. The third-order valence-electron chi connectivity index (χ3n) is 1.22. The zero-order valence-corrected chi connectivity index (χ0v) is 7.36. The van der Waals surface area contributed by atoms with E-state index in [0.717, 1.165) is 0 Å². The predicted molar refractivity (Wildman–Crippen MR) is 50.7 cm³/mol. The maximum atomic E-state index is 5.32. The van der Waals surface area contributed by atoms with E-state index in [4.69, 9.17) is 15.0 Å². The summed E-state index contributed by atoms with van der Waals surface area (Å²) in [6, 6.07) is 0. The fourth-order valence-electron chi connectivity index (χ4n) is 0.690. The highest BCUT2D eigenvalue weighted by atomic mass is 16.6. The SMILES string of the molecule is C=C/N=C\C(=C/N)B(OC)OC. The molecule has 0 spiro atoms. The van der Waals surface area contributed by atoms with Crippen molar-refractivity contribution in [1.82, 2.24) is 0 Å². The number of rotatable bonds is 5. The van der Waals surface area contributed by atoms with E-state index in [2.05, 4.69) is 11.6 Å². The molecule has 0 fully saturated rings. The highest BCUT2D eigenvalue weighted by Crippen LogP contribution is 1.98. The van der Waals surface area contributed by atoms with E-state index >= 15 is 0 Å². The average Bonchev–Trinajstić information content (AvgIpc) is 2.12. The maximum Gasteiger partial charge on any atom is 0.496 e. The molecular weight excluding hydrogens is 155 g/mol. The molecule has 0 bridgehead atoms. The highest BCUT2D eigenvalue weighted by molar-refractivity contribution is 6.59. The van der Waals surface area contributed by atoms with Gasteiger partial charge in [-0.05, 0) is 6.20 Å². The highest BCUT2D eigenvalue weighted by Gasteiger charge is 2.18. The topological polar surface area (TPSA) is 56.8 Å². The predicted octanol–water partition coefficient (Wildman–Crippen LogP) is 0.363. The molecule has 0 unspecified atom stereocenters. The molecule has 0 saturated carbocycles. The minimum atomic E-state index is -0.473. The number of nitrogens with zero attached hydrogens (tertiary/aromatic N) is 1. The van der Waals surface area contributed by atoms with Gasteiger partial charge in [0.2, 0.25) is 0 Å². The zero-order valence-electron chi connectivity index (χ0n) is 7.36. The lowest BCUT2D eigenvalue weighted by Gasteiger charge is -2.07. The first-order valence-corrected chi connectivity index (χ1v) is 3.41. The Hall–Kier alpha value is -1.07. The van der Waals surface area contributed by atoms with Crippen LogP contribution in [0.4, 0.5) is 0 Å². The molecule has 0 saturated heterocycles. The van der Waals surface area contributed by atoms with Crippen LogP contribution in [0.1, 0.15) is 0 Å². The van der Waals surface area contributed by atoms with E-state index in [1.54, 1.807) is 0 Å². The van der Waals surface area contributed by atoms with Crippen LogP contribution < -0.4 is 5.73 Å². The van der Waals surface area contributed by atoms with Gasteiger partial charge in [0, 0.05) is 32.1 Å². The molecule has 0 heterocycles.